The summed E-state index contributed by atoms with van der Waals surface area (Å²) in [5.74, 6) is -1.84. The van der Waals surface area contributed by atoms with E-state index in [0.717, 1.165) is 31.9 Å². The quantitative estimate of drug-likeness (QED) is 0.860. The molecule has 0 aromatic heterocycles. The predicted octanol–water partition coefficient (Wildman–Crippen LogP) is 2.99. The molecule has 1 N–H and O–H groups in total. The van der Waals surface area contributed by atoms with E-state index in [1.165, 1.54) is 12.1 Å². The van der Waals surface area contributed by atoms with Crippen LogP contribution < -0.4 is 5.32 Å². The summed E-state index contributed by atoms with van der Waals surface area (Å²) in [4.78, 5) is 0. The first-order chi connectivity index (χ1) is 8.18. The third kappa shape index (κ3) is 3.00. The fourth-order valence-corrected chi connectivity index (χ4v) is 2.25. The van der Waals surface area contributed by atoms with Gasteiger partial charge in [-0.2, -0.15) is 0 Å². The second kappa shape index (κ2) is 5.54. The van der Waals surface area contributed by atoms with Gasteiger partial charge in [0.25, 0.3) is 0 Å². The molecule has 94 valence electrons. The van der Waals surface area contributed by atoms with E-state index in [9.17, 15) is 13.2 Å². The maximum atomic E-state index is 13.9. The molecule has 0 amide bonds. The van der Waals surface area contributed by atoms with Gasteiger partial charge in [0.1, 0.15) is 6.17 Å². The summed E-state index contributed by atoms with van der Waals surface area (Å²) in [6.07, 6.45) is 1.58. The molecule has 1 aromatic carbocycles. The van der Waals surface area contributed by atoms with Crippen molar-refractivity contribution in [2.45, 2.75) is 37.9 Å². The lowest BCUT2D eigenvalue weighted by Crippen LogP contribution is -2.42. The third-order valence-corrected chi connectivity index (χ3v) is 3.23. The maximum Gasteiger partial charge on any atom is 0.162 e. The molecule has 0 saturated carbocycles. The monoisotopic (exact) mass is 243 g/mol. The molecule has 2 unspecified atom stereocenters. The van der Waals surface area contributed by atoms with Gasteiger partial charge in [-0.3, -0.25) is 0 Å². The van der Waals surface area contributed by atoms with Gasteiger partial charge in [0.2, 0.25) is 0 Å². The minimum Gasteiger partial charge on any atom is -0.311 e. The summed E-state index contributed by atoms with van der Waals surface area (Å²) in [5, 5.41) is 3.08. The summed E-state index contributed by atoms with van der Waals surface area (Å²) in [7, 11) is 0. The van der Waals surface area contributed by atoms with Crippen molar-refractivity contribution in [3.63, 3.8) is 0 Å². The minimum atomic E-state index is -1.16. The molecule has 0 spiro atoms. The van der Waals surface area contributed by atoms with Gasteiger partial charge in [0.15, 0.2) is 11.6 Å². The van der Waals surface area contributed by atoms with Crippen LogP contribution in [-0.2, 0) is 6.42 Å². The Kier molecular flexibility index (Phi) is 4.05. The first-order valence-corrected chi connectivity index (χ1v) is 5.99. The highest BCUT2D eigenvalue weighted by Gasteiger charge is 2.24. The van der Waals surface area contributed by atoms with Crippen LogP contribution in [0.25, 0.3) is 0 Å². The third-order valence-electron chi connectivity index (χ3n) is 3.23. The Morgan fingerprint density at radius 2 is 2.12 bits per heavy atom. The second-order valence-corrected chi connectivity index (χ2v) is 4.49. The molecular formula is C13H16F3N. The largest absolute Gasteiger partial charge is 0.311 e. The lowest BCUT2D eigenvalue weighted by Gasteiger charge is -2.26. The lowest BCUT2D eigenvalue weighted by atomic mass is 9.96. The van der Waals surface area contributed by atoms with Crippen LogP contribution in [0.4, 0.5) is 13.2 Å². The molecule has 1 aromatic rings. The highest BCUT2D eigenvalue weighted by atomic mass is 19.2. The van der Waals surface area contributed by atoms with Gasteiger partial charge in [0.05, 0.1) is 0 Å². The van der Waals surface area contributed by atoms with Gasteiger partial charge in [-0.05, 0) is 31.0 Å². The number of halogens is 3. The van der Waals surface area contributed by atoms with Gasteiger partial charge < -0.3 is 5.32 Å². The Morgan fingerprint density at radius 3 is 2.82 bits per heavy atom. The normalized spacial score (nSPS) is 22.4. The van der Waals surface area contributed by atoms with E-state index in [-0.39, 0.29) is 18.0 Å². The molecule has 17 heavy (non-hydrogen) atoms. The molecule has 1 nitrogen and oxygen atoms in total. The molecule has 0 bridgehead atoms. The van der Waals surface area contributed by atoms with Crippen molar-refractivity contribution in [1.29, 1.82) is 0 Å². The van der Waals surface area contributed by atoms with Crippen molar-refractivity contribution >= 4 is 0 Å². The van der Waals surface area contributed by atoms with Crippen molar-refractivity contribution in [2.24, 2.45) is 0 Å². The molecule has 4 heteroatoms. The van der Waals surface area contributed by atoms with E-state index < -0.39 is 17.8 Å². The number of alkyl halides is 1. The summed E-state index contributed by atoms with van der Waals surface area (Å²) in [6, 6.07) is 3.67. The Morgan fingerprint density at radius 1 is 1.29 bits per heavy atom. The first kappa shape index (κ1) is 12.4. The Balaban J connectivity index is 2.01. The van der Waals surface area contributed by atoms with Crippen molar-refractivity contribution in [1.82, 2.24) is 5.32 Å². The second-order valence-electron chi connectivity index (χ2n) is 4.49. The zero-order valence-electron chi connectivity index (χ0n) is 9.56. The fourth-order valence-electron chi connectivity index (χ4n) is 2.25. The van der Waals surface area contributed by atoms with Crippen LogP contribution in [0.1, 0.15) is 24.8 Å². The number of benzene rings is 1. The standard InChI is InChI=1S/C13H16F3N/c14-10-5-3-4-9(13(10)16)8-11(15)12-6-1-2-7-17-12/h3-5,11-12,17H,1-2,6-8H2. The smallest absolute Gasteiger partial charge is 0.162 e. The number of hydrogen-bond donors (Lipinski definition) is 1. The molecule has 1 aliphatic heterocycles. The Hall–Kier alpha value is -1.03. The van der Waals surface area contributed by atoms with Crippen molar-refractivity contribution < 1.29 is 13.2 Å². The topological polar surface area (TPSA) is 12.0 Å². The lowest BCUT2D eigenvalue weighted by molar-refractivity contribution is 0.215. The fraction of sp³-hybridized carbons (Fsp3) is 0.538. The van der Waals surface area contributed by atoms with Crippen LogP contribution in [0.15, 0.2) is 18.2 Å². The number of rotatable bonds is 3. The summed E-state index contributed by atoms with van der Waals surface area (Å²) in [6.45, 7) is 0.802. The van der Waals surface area contributed by atoms with Crippen molar-refractivity contribution in [2.75, 3.05) is 6.54 Å². The predicted molar refractivity (Wildman–Crippen MR) is 60.6 cm³/mol. The van der Waals surface area contributed by atoms with Crippen LogP contribution in [-0.4, -0.2) is 18.8 Å². The number of hydrogen-bond acceptors (Lipinski definition) is 1. The van der Waals surface area contributed by atoms with Gasteiger partial charge in [-0.25, -0.2) is 13.2 Å². The van der Waals surface area contributed by atoms with Gasteiger partial charge in [-0.15, -0.1) is 0 Å². The van der Waals surface area contributed by atoms with Crippen LogP contribution >= 0.6 is 0 Å². The van der Waals surface area contributed by atoms with Crippen LogP contribution in [0, 0.1) is 11.6 Å². The summed E-state index contributed by atoms with van der Waals surface area (Å²) in [5.41, 5.74) is 0.116. The number of piperidine rings is 1. The zero-order valence-corrected chi connectivity index (χ0v) is 9.56. The van der Waals surface area contributed by atoms with Crippen LogP contribution in [0.5, 0.6) is 0 Å². The van der Waals surface area contributed by atoms with Gasteiger partial charge in [-0.1, -0.05) is 18.6 Å². The van der Waals surface area contributed by atoms with E-state index in [0.29, 0.717) is 0 Å². The highest BCUT2D eigenvalue weighted by molar-refractivity contribution is 5.20. The van der Waals surface area contributed by atoms with Crippen LogP contribution in [0.3, 0.4) is 0 Å². The van der Waals surface area contributed by atoms with E-state index >= 15 is 0 Å². The van der Waals surface area contributed by atoms with Crippen molar-refractivity contribution in [3.8, 4) is 0 Å². The summed E-state index contributed by atoms with van der Waals surface area (Å²) >= 11 is 0. The Labute approximate surface area is 99.0 Å². The summed E-state index contributed by atoms with van der Waals surface area (Å²) < 4.78 is 40.3. The minimum absolute atomic E-state index is 0.0682. The molecule has 1 saturated heterocycles. The molecule has 1 aliphatic rings. The first-order valence-electron chi connectivity index (χ1n) is 5.99. The van der Waals surface area contributed by atoms with E-state index in [4.69, 9.17) is 0 Å². The molecule has 2 atom stereocenters. The molecule has 0 aliphatic carbocycles. The van der Waals surface area contributed by atoms with E-state index in [2.05, 4.69) is 5.32 Å². The molecule has 2 rings (SSSR count). The maximum absolute atomic E-state index is 13.9. The number of nitrogens with one attached hydrogen (secondary N) is 1. The average molecular weight is 243 g/mol. The molecular weight excluding hydrogens is 227 g/mol. The average Bonchev–Trinajstić information content (AvgIpc) is 2.36. The SMILES string of the molecule is Fc1cccc(CC(F)C2CCCCN2)c1F. The zero-order chi connectivity index (χ0) is 12.3. The van der Waals surface area contributed by atoms with Crippen molar-refractivity contribution in [3.05, 3.63) is 35.4 Å². The van der Waals surface area contributed by atoms with E-state index in [1.54, 1.807) is 0 Å². The van der Waals surface area contributed by atoms with Crippen LogP contribution in [0.2, 0.25) is 0 Å². The highest BCUT2D eigenvalue weighted by Crippen LogP contribution is 2.19. The molecule has 1 heterocycles. The molecule has 0 radical (unpaired) electrons. The van der Waals surface area contributed by atoms with E-state index in [1.807, 2.05) is 0 Å². The Bertz CT molecular complexity index is 375. The van der Waals surface area contributed by atoms with Gasteiger partial charge in [0, 0.05) is 12.5 Å². The van der Waals surface area contributed by atoms with Gasteiger partial charge >= 0.3 is 0 Å². The molecule has 1 fully saturated rings.